The molecule has 0 saturated carbocycles. The van der Waals surface area contributed by atoms with E-state index in [9.17, 15) is 9.59 Å². The van der Waals surface area contributed by atoms with Crippen LogP contribution in [0.2, 0.25) is 0 Å². The highest BCUT2D eigenvalue weighted by Gasteiger charge is 2.18. The molecule has 1 rings (SSSR count). The Morgan fingerprint density at radius 2 is 1.95 bits per heavy atom. The Morgan fingerprint density at radius 3 is 2.50 bits per heavy atom. The summed E-state index contributed by atoms with van der Waals surface area (Å²) in [5.74, 6) is -0.779. The molecule has 6 heteroatoms. The summed E-state index contributed by atoms with van der Waals surface area (Å²) in [5, 5.41) is 19.8. The van der Waals surface area contributed by atoms with Gasteiger partial charge in [-0.3, -0.25) is 4.79 Å². The molecular weight excluding hydrogens is 286 g/mol. The van der Waals surface area contributed by atoms with Crippen LogP contribution < -0.4 is 10.1 Å². The van der Waals surface area contributed by atoms with Crippen LogP contribution in [0.3, 0.4) is 0 Å². The molecule has 1 aromatic carbocycles. The molecule has 1 atom stereocenters. The van der Waals surface area contributed by atoms with Gasteiger partial charge in [-0.25, -0.2) is 4.79 Å². The number of benzene rings is 1. The molecule has 3 N–H and O–H groups in total. The van der Waals surface area contributed by atoms with Crippen molar-refractivity contribution in [1.29, 1.82) is 0 Å². The minimum absolute atomic E-state index is 0.220. The molecular formula is C16H23NO5. The highest BCUT2D eigenvalue weighted by Crippen LogP contribution is 2.14. The summed E-state index contributed by atoms with van der Waals surface area (Å²) in [5.41, 5.74) is 1.09. The number of nitrogens with one attached hydrogen (secondary N) is 1. The second kappa shape index (κ2) is 9.78. The molecule has 6 nitrogen and oxygen atoms in total. The first-order valence-corrected chi connectivity index (χ1v) is 7.41. The Labute approximate surface area is 130 Å². The maximum Gasteiger partial charge on any atom is 0.328 e. The Kier molecular flexibility index (Phi) is 7.99. The molecule has 0 bridgehead atoms. The van der Waals surface area contributed by atoms with Crippen molar-refractivity contribution in [2.45, 2.75) is 38.6 Å². The smallest absolute Gasteiger partial charge is 0.328 e. The van der Waals surface area contributed by atoms with Gasteiger partial charge in [0.2, 0.25) is 5.91 Å². The minimum atomic E-state index is -1.24. The molecule has 22 heavy (non-hydrogen) atoms. The molecule has 0 saturated heterocycles. The number of rotatable bonds is 10. The monoisotopic (exact) mass is 309 g/mol. The number of carbonyl (C=O) groups is 2. The van der Waals surface area contributed by atoms with E-state index in [2.05, 4.69) is 5.32 Å². The van der Waals surface area contributed by atoms with E-state index in [-0.39, 0.29) is 12.3 Å². The highest BCUT2D eigenvalue weighted by molar-refractivity contribution is 5.83. The largest absolute Gasteiger partial charge is 0.494 e. The van der Waals surface area contributed by atoms with Gasteiger partial charge in [0.1, 0.15) is 11.8 Å². The van der Waals surface area contributed by atoms with Crippen molar-refractivity contribution < 1.29 is 24.5 Å². The minimum Gasteiger partial charge on any atom is -0.494 e. The zero-order valence-electron chi connectivity index (χ0n) is 12.7. The fraction of sp³-hybridized carbons (Fsp3) is 0.500. The van der Waals surface area contributed by atoms with Gasteiger partial charge in [-0.05, 0) is 37.0 Å². The predicted molar refractivity (Wildman–Crippen MR) is 81.8 cm³/mol. The Balaban J connectivity index is 2.31. The summed E-state index contributed by atoms with van der Waals surface area (Å²) < 4.78 is 5.49. The van der Waals surface area contributed by atoms with Gasteiger partial charge in [-0.15, -0.1) is 0 Å². The van der Waals surface area contributed by atoms with E-state index in [0.29, 0.717) is 13.0 Å². The number of aryl methyl sites for hydroxylation is 1. The van der Waals surface area contributed by atoms with Crippen molar-refractivity contribution >= 4 is 11.9 Å². The molecule has 0 aliphatic carbocycles. The Bertz CT molecular complexity index is 472. The molecule has 0 aromatic heterocycles. The predicted octanol–water partition coefficient (Wildman–Crippen LogP) is 1.36. The average molecular weight is 309 g/mol. The van der Waals surface area contributed by atoms with E-state index >= 15 is 0 Å². The van der Waals surface area contributed by atoms with Crippen LogP contribution in [0.1, 0.15) is 31.7 Å². The number of aliphatic hydroxyl groups excluding tert-OH is 1. The summed E-state index contributed by atoms with van der Waals surface area (Å²) in [6.07, 6.45) is 2.51. The third-order valence-electron chi connectivity index (χ3n) is 3.08. The van der Waals surface area contributed by atoms with E-state index < -0.39 is 18.6 Å². The summed E-state index contributed by atoms with van der Waals surface area (Å²) in [6, 6.07) is 6.48. The van der Waals surface area contributed by atoms with Gasteiger partial charge in [0, 0.05) is 6.42 Å². The summed E-state index contributed by atoms with van der Waals surface area (Å²) >= 11 is 0. The van der Waals surface area contributed by atoms with Crippen molar-refractivity contribution in [3.05, 3.63) is 29.8 Å². The van der Waals surface area contributed by atoms with E-state index in [4.69, 9.17) is 14.9 Å². The van der Waals surface area contributed by atoms with Gasteiger partial charge >= 0.3 is 5.97 Å². The zero-order chi connectivity index (χ0) is 16.4. The van der Waals surface area contributed by atoms with Crippen LogP contribution in [0.4, 0.5) is 0 Å². The molecule has 0 aliphatic heterocycles. The maximum atomic E-state index is 11.6. The Morgan fingerprint density at radius 1 is 1.27 bits per heavy atom. The van der Waals surface area contributed by atoms with Crippen molar-refractivity contribution in [2.24, 2.45) is 0 Å². The molecule has 1 amide bonds. The van der Waals surface area contributed by atoms with Crippen LogP contribution in [-0.4, -0.2) is 41.3 Å². The van der Waals surface area contributed by atoms with Crippen LogP contribution in [0, 0.1) is 0 Å². The first-order chi connectivity index (χ1) is 10.6. The second-order valence-corrected chi connectivity index (χ2v) is 4.99. The quantitative estimate of drug-likeness (QED) is 0.606. The molecule has 0 heterocycles. The number of amides is 1. The fourth-order valence-electron chi connectivity index (χ4n) is 1.88. The van der Waals surface area contributed by atoms with Crippen LogP contribution in [0.5, 0.6) is 5.75 Å². The number of hydrogen-bond acceptors (Lipinski definition) is 4. The highest BCUT2D eigenvalue weighted by atomic mass is 16.5. The van der Waals surface area contributed by atoms with Crippen molar-refractivity contribution in [3.63, 3.8) is 0 Å². The van der Waals surface area contributed by atoms with Crippen LogP contribution in [0.25, 0.3) is 0 Å². The third kappa shape index (κ3) is 6.58. The Hall–Kier alpha value is -2.08. The van der Waals surface area contributed by atoms with Crippen LogP contribution >= 0.6 is 0 Å². The van der Waals surface area contributed by atoms with Gasteiger partial charge in [-0.1, -0.05) is 19.1 Å². The first kappa shape index (κ1) is 18.0. The standard InChI is InChI=1S/C16H23NO5/c1-2-10-22-13-8-6-12(7-9-13)4-3-5-15(19)17-14(11-18)16(20)21/h6-9,14,18H,2-5,10-11H2,1H3,(H,17,19)(H,20,21). The van der Waals surface area contributed by atoms with Crippen molar-refractivity contribution in [1.82, 2.24) is 5.32 Å². The number of carbonyl (C=O) groups excluding carboxylic acids is 1. The van der Waals surface area contributed by atoms with Crippen molar-refractivity contribution in [2.75, 3.05) is 13.2 Å². The third-order valence-corrected chi connectivity index (χ3v) is 3.08. The van der Waals surface area contributed by atoms with E-state index in [0.717, 1.165) is 24.2 Å². The summed E-state index contributed by atoms with van der Waals surface area (Å²) in [4.78, 5) is 22.3. The van der Waals surface area contributed by atoms with Gasteiger partial charge in [-0.2, -0.15) is 0 Å². The molecule has 122 valence electrons. The van der Waals surface area contributed by atoms with Gasteiger partial charge in [0.25, 0.3) is 0 Å². The molecule has 1 unspecified atom stereocenters. The van der Waals surface area contributed by atoms with E-state index in [1.54, 1.807) is 0 Å². The SMILES string of the molecule is CCCOc1ccc(CCCC(=O)NC(CO)C(=O)O)cc1. The number of carboxylic acid groups (broad SMARTS) is 1. The average Bonchev–Trinajstić information content (AvgIpc) is 2.51. The number of ether oxygens (including phenoxy) is 1. The zero-order valence-corrected chi connectivity index (χ0v) is 12.7. The molecule has 0 spiro atoms. The van der Waals surface area contributed by atoms with Gasteiger partial charge in [0.15, 0.2) is 0 Å². The van der Waals surface area contributed by atoms with E-state index in [1.165, 1.54) is 0 Å². The molecule has 1 aromatic rings. The molecule has 0 radical (unpaired) electrons. The first-order valence-electron chi connectivity index (χ1n) is 7.41. The topological polar surface area (TPSA) is 95.9 Å². The number of hydrogen-bond donors (Lipinski definition) is 3. The van der Waals surface area contributed by atoms with Crippen LogP contribution in [0.15, 0.2) is 24.3 Å². The lowest BCUT2D eigenvalue weighted by Crippen LogP contribution is -2.43. The lowest BCUT2D eigenvalue weighted by molar-refractivity contribution is -0.142. The summed E-state index contributed by atoms with van der Waals surface area (Å²) in [6.45, 7) is 2.13. The lowest BCUT2D eigenvalue weighted by atomic mass is 10.1. The van der Waals surface area contributed by atoms with Crippen LogP contribution in [-0.2, 0) is 16.0 Å². The lowest BCUT2D eigenvalue weighted by Gasteiger charge is -2.11. The van der Waals surface area contributed by atoms with E-state index in [1.807, 2.05) is 31.2 Å². The fourth-order valence-corrected chi connectivity index (χ4v) is 1.88. The normalized spacial score (nSPS) is 11.7. The van der Waals surface area contributed by atoms with Crippen molar-refractivity contribution in [3.8, 4) is 5.75 Å². The maximum absolute atomic E-state index is 11.6. The molecule has 0 fully saturated rings. The number of aliphatic carboxylic acids is 1. The summed E-state index contributed by atoms with van der Waals surface area (Å²) in [7, 11) is 0. The second-order valence-electron chi connectivity index (χ2n) is 4.99. The molecule has 0 aliphatic rings. The van der Waals surface area contributed by atoms with Gasteiger partial charge < -0.3 is 20.3 Å². The number of carboxylic acids is 1. The number of aliphatic hydroxyl groups is 1. The van der Waals surface area contributed by atoms with Gasteiger partial charge in [0.05, 0.1) is 13.2 Å².